The molecule has 0 bridgehead atoms. The van der Waals surface area contributed by atoms with E-state index in [1.807, 2.05) is 38.1 Å². The van der Waals surface area contributed by atoms with Gasteiger partial charge >= 0.3 is 5.97 Å². The molecule has 0 aliphatic heterocycles. The van der Waals surface area contributed by atoms with Crippen molar-refractivity contribution in [1.82, 2.24) is 5.43 Å². The summed E-state index contributed by atoms with van der Waals surface area (Å²) in [7, 11) is 1.65. The van der Waals surface area contributed by atoms with Gasteiger partial charge in [0.25, 0.3) is 0 Å². The van der Waals surface area contributed by atoms with Crippen LogP contribution in [0, 0.1) is 10.5 Å². The quantitative estimate of drug-likeness (QED) is 0.163. The van der Waals surface area contributed by atoms with Crippen molar-refractivity contribution in [2.75, 3.05) is 26.9 Å². The lowest BCUT2D eigenvalue weighted by Gasteiger charge is -2.14. The number of carbonyl (C=O) groups is 2. The number of nitrogens with zero attached hydrogens (tertiary/aromatic N) is 1. The van der Waals surface area contributed by atoms with Crippen molar-refractivity contribution in [3.05, 3.63) is 50.6 Å². The lowest BCUT2D eigenvalue weighted by molar-refractivity contribution is -0.145. The average Bonchev–Trinajstić information content (AvgIpc) is 2.80. The molecule has 0 fully saturated rings. The molecule has 0 saturated carbocycles. The van der Waals surface area contributed by atoms with Crippen molar-refractivity contribution < 1.29 is 28.5 Å². The van der Waals surface area contributed by atoms with Gasteiger partial charge in [-0.1, -0.05) is 6.07 Å². The van der Waals surface area contributed by atoms with Crippen LogP contribution in [0.3, 0.4) is 0 Å². The van der Waals surface area contributed by atoms with E-state index in [2.05, 4.69) is 33.1 Å². The first-order valence-corrected chi connectivity index (χ1v) is 12.2. The molecule has 0 aliphatic carbocycles. The zero-order valence-corrected chi connectivity index (χ0v) is 22.1. The number of methoxy groups -OCH3 is 1. The zero-order valence-electron chi connectivity index (χ0n) is 20.0. The second-order valence-electron chi connectivity index (χ2n) is 7.30. The number of amides is 1. The highest BCUT2D eigenvalue weighted by atomic mass is 127. The molecule has 0 aliphatic rings. The van der Waals surface area contributed by atoms with E-state index in [1.54, 1.807) is 26.3 Å². The summed E-state index contributed by atoms with van der Waals surface area (Å²) in [6.45, 7) is 6.14. The number of ether oxygens (including phenoxy) is 4. The molecule has 0 spiro atoms. The van der Waals surface area contributed by atoms with Crippen LogP contribution in [-0.4, -0.2) is 45.0 Å². The first-order valence-electron chi connectivity index (χ1n) is 11.1. The fourth-order valence-corrected chi connectivity index (χ4v) is 3.93. The largest absolute Gasteiger partial charge is 0.497 e. The third-order valence-electron chi connectivity index (χ3n) is 4.77. The Balaban J connectivity index is 1.91. The van der Waals surface area contributed by atoms with Crippen LogP contribution >= 0.6 is 22.6 Å². The first kappa shape index (κ1) is 27.4. The minimum Gasteiger partial charge on any atom is -0.497 e. The Bertz CT molecular complexity index is 1010. The van der Waals surface area contributed by atoms with Gasteiger partial charge in [-0.05, 0) is 97.2 Å². The number of hydrogen-bond donors (Lipinski definition) is 1. The van der Waals surface area contributed by atoms with Crippen LogP contribution < -0.4 is 19.6 Å². The van der Waals surface area contributed by atoms with Crippen LogP contribution in [0.2, 0.25) is 0 Å². The van der Waals surface area contributed by atoms with Crippen LogP contribution in [0.4, 0.5) is 0 Å². The predicted octanol–water partition coefficient (Wildman–Crippen LogP) is 4.42. The molecule has 184 valence electrons. The molecule has 2 aromatic rings. The molecular weight excluding hydrogens is 551 g/mol. The van der Waals surface area contributed by atoms with Gasteiger partial charge in [0.1, 0.15) is 5.75 Å². The number of carbonyl (C=O) groups excluding carboxylic acids is 2. The molecule has 2 rings (SSSR count). The smallest absolute Gasteiger partial charge is 0.344 e. The fourth-order valence-electron chi connectivity index (χ4n) is 3.15. The number of hydrogen-bond acceptors (Lipinski definition) is 7. The number of esters is 1. The Kier molecular flexibility index (Phi) is 11.7. The van der Waals surface area contributed by atoms with Crippen molar-refractivity contribution in [3.63, 3.8) is 0 Å². The number of hydrazone groups is 1. The van der Waals surface area contributed by atoms with Gasteiger partial charge in [-0.15, -0.1) is 0 Å². The highest BCUT2D eigenvalue weighted by Gasteiger charge is 2.14. The molecule has 1 amide bonds. The molecule has 0 radical (unpaired) electrons. The summed E-state index contributed by atoms with van der Waals surface area (Å²) in [5.74, 6) is 1.17. The Hall–Kier alpha value is -2.82. The summed E-state index contributed by atoms with van der Waals surface area (Å²) in [5.41, 5.74) is 5.63. The van der Waals surface area contributed by atoms with Crippen molar-refractivity contribution in [3.8, 4) is 17.2 Å². The topological polar surface area (TPSA) is 95.5 Å². The first-order chi connectivity index (χ1) is 16.4. The Morgan fingerprint density at radius 2 is 1.91 bits per heavy atom. The summed E-state index contributed by atoms with van der Waals surface area (Å²) in [5, 5.41) is 4.06. The number of aryl methyl sites for hydroxylation is 2. The zero-order chi connectivity index (χ0) is 24.9. The van der Waals surface area contributed by atoms with E-state index in [1.165, 1.54) is 5.56 Å². The molecule has 1 N–H and O–H groups in total. The van der Waals surface area contributed by atoms with Crippen molar-refractivity contribution in [2.24, 2.45) is 5.10 Å². The lowest BCUT2D eigenvalue weighted by Crippen LogP contribution is -2.17. The third-order valence-corrected chi connectivity index (χ3v) is 5.58. The maximum absolute atomic E-state index is 12.2. The van der Waals surface area contributed by atoms with E-state index >= 15 is 0 Å². The van der Waals surface area contributed by atoms with E-state index in [0.29, 0.717) is 37.6 Å². The number of benzene rings is 2. The SMILES string of the molecule is CCOC(=O)COc1c(I)cc(/C=N\NC(=O)CCCc2ccc(OC)cc2C)cc1OCC. The molecule has 0 atom stereocenters. The van der Waals surface area contributed by atoms with Crippen LogP contribution in [0.15, 0.2) is 35.4 Å². The molecule has 8 nitrogen and oxygen atoms in total. The summed E-state index contributed by atoms with van der Waals surface area (Å²) in [4.78, 5) is 23.8. The Labute approximate surface area is 214 Å². The van der Waals surface area contributed by atoms with Gasteiger partial charge in [0.2, 0.25) is 5.91 Å². The van der Waals surface area contributed by atoms with Crippen molar-refractivity contribution >= 4 is 40.7 Å². The molecule has 0 aromatic heterocycles. The second kappa shape index (κ2) is 14.4. The summed E-state index contributed by atoms with van der Waals surface area (Å²) >= 11 is 2.10. The average molecular weight is 582 g/mol. The van der Waals surface area contributed by atoms with Crippen molar-refractivity contribution in [1.29, 1.82) is 0 Å². The molecule has 9 heteroatoms. The van der Waals surface area contributed by atoms with Gasteiger partial charge in [-0.3, -0.25) is 4.79 Å². The molecule has 0 heterocycles. The van der Waals surface area contributed by atoms with Crippen LogP contribution in [-0.2, 0) is 20.7 Å². The lowest BCUT2D eigenvalue weighted by atomic mass is 10.0. The van der Waals surface area contributed by atoms with E-state index < -0.39 is 5.97 Å². The molecular formula is C25H31IN2O6. The van der Waals surface area contributed by atoms with Gasteiger partial charge in [0.15, 0.2) is 18.1 Å². The van der Waals surface area contributed by atoms with Gasteiger partial charge in [0.05, 0.1) is 30.1 Å². The maximum atomic E-state index is 12.2. The summed E-state index contributed by atoms with van der Waals surface area (Å²) < 4.78 is 22.1. The Morgan fingerprint density at radius 1 is 1.12 bits per heavy atom. The molecule has 2 aromatic carbocycles. The molecule has 34 heavy (non-hydrogen) atoms. The maximum Gasteiger partial charge on any atom is 0.344 e. The van der Waals surface area contributed by atoms with Crippen molar-refractivity contribution in [2.45, 2.75) is 40.0 Å². The van der Waals surface area contributed by atoms with Gasteiger partial charge < -0.3 is 18.9 Å². The van der Waals surface area contributed by atoms with Crippen LogP contribution in [0.5, 0.6) is 17.2 Å². The second-order valence-corrected chi connectivity index (χ2v) is 8.46. The summed E-state index contributed by atoms with van der Waals surface area (Å²) in [6.07, 6.45) is 3.43. The van der Waals surface area contributed by atoms with Crippen LogP contribution in [0.25, 0.3) is 0 Å². The van der Waals surface area contributed by atoms with E-state index in [9.17, 15) is 9.59 Å². The standard InChI is InChI=1S/C25H31IN2O6/c1-5-32-22-14-18(13-21(26)25(22)34-16-24(30)33-6-2)15-27-28-23(29)9-7-8-19-10-11-20(31-4)12-17(19)3/h10-15H,5-9,16H2,1-4H3,(H,28,29)/b27-15-. The monoisotopic (exact) mass is 582 g/mol. The number of halogens is 1. The van der Waals surface area contributed by atoms with E-state index in [0.717, 1.165) is 26.9 Å². The predicted molar refractivity (Wildman–Crippen MR) is 139 cm³/mol. The normalized spacial score (nSPS) is 10.7. The van der Waals surface area contributed by atoms with E-state index in [-0.39, 0.29) is 12.5 Å². The number of nitrogens with one attached hydrogen (secondary N) is 1. The number of rotatable bonds is 13. The third kappa shape index (κ3) is 8.85. The minimum absolute atomic E-state index is 0.156. The molecule has 0 saturated heterocycles. The van der Waals surface area contributed by atoms with E-state index in [4.69, 9.17) is 18.9 Å². The Morgan fingerprint density at radius 3 is 2.59 bits per heavy atom. The highest BCUT2D eigenvalue weighted by molar-refractivity contribution is 14.1. The van der Waals surface area contributed by atoms with Gasteiger partial charge in [0, 0.05) is 6.42 Å². The van der Waals surface area contributed by atoms with Crippen LogP contribution in [0.1, 0.15) is 43.4 Å². The summed E-state index contributed by atoms with van der Waals surface area (Å²) in [6, 6.07) is 9.52. The van der Waals surface area contributed by atoms with Gasteiger partial charge in [-0.2, -0.15) is 5.10 Å². The molecule has 0 unspecified atom stereocenters. The van der Waals surface area contributed by atoms with Gasteiger partial charge in [-0.25, -0.2) is 10.2 Å². The fraction of sp³-hybridized carbons (Fsp3) is 0.400. The highest BCUT2D eigenvalue weighted by Crippen LogP contribution is 2.34. The minimum atomic E-state index is -0.448.